The Labute approximate surface area is 160 Å². The molecule has 0 fully saturated rings. The Morgan fingerprint density at radius 3 is 2.52 bits per heavy atom. The molecule has 0 aliphatic rings. The molecule has 0 saturated heterocycles. The maximum absolute atomic E-state index is 11.8. The minimum atomic E-state index is -0.233. The number of para-hydroxylation sites is 1. The summed E-state index contributed by atoms with van der Waals surface area (Å²) >= 11 is 0. The van der Waals surface area contributed by atoms with E-state index in [4.69, 9.17) is 4.74 Å². The highest BCUT2D eigenvalue weighted by molar-refractivity contribution is 5.84. The number of hydrogen-bond donors (Lipinski definition) is 2. The van der Waals surface area contributed by atoms with Gasteiger partial charge in [-0.3, -0.25) is 0 Å². The molecule has 5 nitrogen and oxygen atoms in total. The predicted octanol–water partition coefficient (Wildman–Crippen LogP) is 2.49. The molecule has 3 aromatic rings. The van der Waals surface area contributed by atoms with Gasteiger partial charge in [0.05, 0.1) is 19.6 Å². The van der Waals surface area contributed by atoms with Crippen LogP contribution >= 0.6 is 0 Å². The first kappa shape index (κ1) is 19.0. The summed E-state index contributed by atoms with van der Waals surface area (Å²) in [5.74, 6) is -0.0277. The molecule has 27 heavy (non-hydrogen) atoms. The lowest BCUT2D eigenvalue weighted by Crippen LogP contribution is -2.92. The summed E-state index contributed by atoms with van der Waals surface area (Å²) in [7, 11) is 5.51. The van der Waals surface area contributed by atoms with Crippen LogP contribution in [0.1, 0.15) is 24.0 Å². The molecule has 0 aliphatic carbocycles. The third-order valence-electron chi connectivity index (χ3n) is 5.11. The lowest BCUT2D eigenvalue weighted by atomic mass is 9.90. The van der Waals surface area contributed by atoms with E-state index < -0.39 is 0 Å². The second kappa shape index (κ2) is 8.27. The van der Waals surface area contributed by atoms with Gasteiger partial charge in [0.1, 0.15) is 0 Å². The number of carbonyl (C=O) groups is 1. The number of esters is 1. The highest BCUT2D eigenvalue weighted by Crippen LogP contribution is 2.30. The van der Waals surface area contributed by atoms with Gasteiger partial charge in [-0.1, -0.05) is 30.3 Å². The number of nitrogens with two attached hydrogens (primary N) is 1. The summed E-state index contributed by atoms with van der Waals surface area (Å²) in [6, 6.07) is 16.7. The molecule has 5 heteroatoms. The number of aromatic nitrogens is 1. The molecule has 2 atom stereocenters. The van der Waals surface area contributed by atoms with E-state index in [-0.39, 0.29) is 17.9 Å². The number of benzene rings is 2. The Hall–Kier alpha value is -2.79. The summed E-state index contributed by atoms with van der Waals surface area (Å²) in [6.45, 7) is 2.65. The number of H-pyrrole nitrogens is 1. The zero-order valence-corrected chi connectivity index (χ0v) is 16.4. The van der Waals surface area contributed by atoms with Gasteiger partial charge >= 0.3 is 5.97 Å². The van der Waals surface area contributed by atoms with Gasteiger partial charge < -0.3 is 19.9 Å². The highest BCUT2D eigenvalue weighted by Gasteiger charge is 2.23. The minimum absolute atomic E-state index is 0.171. The van der Waals surface area contributed by atoms with Crippen LogP contribution in [0.3, 0.4) is 0 Å². The molecule has 0 saturated carbocycles. The van der Waals surface area contributed by atoms with Crippen LogP contribution in [-0.4, -0.2) is 44.7 Å². The average molecular weight is 366 g/mol. The van der Waals surface area contributed by atoms with E-state index in [1.807, 2.05) is 27.1 Å². The summed E-state index contributed by atoms with van der Waals surface area (Å²) in [4.78, 5) is 17.3. The molecule has 0 aliphatic heterocycles. The largest absolute Gasteiger partial charge is 0.465 e. The number of carbonyl (C=O) groups excluding carboxylic acids is 1. The lowest BCUT2D eigenvalue weighted by Gasteiger charge is -2.19. The number of nitrogens with zero attached hydrogens (tertiary/aromatic N) is 1. The van der Waals surface area contributed by atoms with Crippen LogP contribution in [0.15, 0.2) is 54.7 Å². The SMILES string of the molecule is COC(=O)[C@@H](C)[NH2+]C[C@H](c1ccc(N(C)C)cc1)c1c[nH]c2ccccc12. The molecule has 3 N–H and O–H groups in total. The number of anilines is 1. The smallest absolute Gasteiger partial charge is 0.364 e. The monoisotopic (exact) mass is 366 g/mol. The fourth-order valence-electron chi connectivity index (χ4n) is 3.45. The quantitative estimate of drug-likeness (QED) is 0.632. The van der Waals surface area contributed by atoms with Crippen molar-refractivity contribution in [1.29, 1.82) is 0 Å². The molecule has 0 bridgehead atoms. The number of ether oxygens (including phenoxy) is 1. The van der Waals surface area contributed by atoms with E-state index in [2.05, 4.69) is 63.9 Å². The molecule has 1 heterocycles. The van der Waals surface area contributed by atoms with Crippen molar-refractivity contribution in [2.45, 2.75) is 18.9 Å². The molecule has 0 unspecified atom stereocenters. The van der Waals surface area contributed by atoms with Gasteiger partial charge in [0.2, 0.25) is 0 Å². The number of fused-ring (bicyclic) bond motifs is 1. The first-order valence-electron chi connectivity index (χ1n) is 9.25. The highest BCUT2D eigenvalue weighted by atomic mass is 16.5. The van der Waals surface area contributed by atoms with Crippen LogP contribution in [0.5, 0.6) is 0 Å². The van der Waals surface area contributed by atoms with Gasteiger partial charge in [-0.2, -0.15) is 0 Å². The molecule has 0 radical (unpaired) electrons. The van der Waals surface area contributed by atoms with Gasteiger partial charge in [-0.25, -0.2) is 4.79 Å². The Morgan fingerprint density at radius 2 is 1.85 bits per heavy atom. The van der Waals surface area contributed by atoms with Crippen molar-refractivity contribution >= 4 is 22.6 Å². The fraction of sp³-hybridized carbons (Fsp3) is 0.318. The van der Waals surface area contributed by atoms with Crippen molar-refractivity contribution in [3.63, 3.8) is 0 Å². The van der Waals surface area contributed by atoms with Crippen molar-refractivity contribution < 1.29 is 14.8 Å². The Bertz CT molecular complexity index is 899. The first-order valence-corrected chi connectivity index (χ1v) is 9.25. The first-order chi connectivity index (χ1) is 13.0. The van der Waals surface area contributed by atoms with Crippen LogP contribution in [-0.2, 0) is 9.53 Å². The molecule has 2 aromatic carbocycles. The summed E-state index contributed by atoms with van der Waals surface area (Å²) in [5, 5.41) is 3.27. The maximum Gasteiger partial charge on any atom is 0.364 e. The van der Waals surface area contributed by atoms with Crippen molar-refractivity contribution in [1.82, 2.24) is 4.98 Å². The second-order valence-corrected chi connectivity index (χ2v) is 7.11. The second-order valence-electron chi connectivity index (χ2n) is 7.11. The Balaban J connectivity index is 1.94. The summed E-state index contributed by atoms with van der Waals surface area (Å²) in [5.41, 5.74) is 4.78. The van der Waals surface area contributed by atoms with E-state index in [9.17, 15) is 4.79 Å². The van der Waals surface area contributed by atoms with E-state index in [0.29, 0.717) is 0 Å². The molecular weight excluding hydrogens is 338 g/mol. The van der Waals surface area contributed by atoms with Gasteiger partial charge in [-0.15, -0.1) is 0 Å². The van der Waals surface area contributed by atoms with Crippen LogP contribution in [0.4, 0.5) is 5.69 Å². The fourth-order valence-corrected chi connectivity index (χ4v) is 3.45. The number of rotatable bonds is 7. The number of aromatic amines is 1. The van der Waals surface area contributed by atoms with Crippen LogP contribution in [0, 0.1) is 0 Å². The molecular formula is C22H28N3O2+. The van der Waals surface area contributed by atoms with Crippen molar-refractivity contribution in [3.8, 4) is 0 Å². The van der Waals surface area contributed by atoms with Gasteiger partial charge in [0, 0.05) is 36.9 Å². The molecule has 1 aromatic heterocycles. The standard InChI is InChI=1S/C22H27N3O2/c1-15(22(26)27-4)23-13-19(16-9-11-17(12-10-16)25(2)3)20-14-24-21-8-6-5-7-18(20)21/h5-12,14-15,19,23-24H,13H2,1-4H3/p+1/t15-,19-/m1/s1. The molecule has 0 amide bonds. The van der Waals surface area contributed by atoms with E-state index >= 15 is 0 Å². The van der Waals surface area contributed by atoms with Crippen molar-refractivity contribution in [2.75, 3.05) is 32.6 Å². The van der Waals surface area contributed by atoms with Crippen molar-refractivity contribution in [2.24, 2.45) is 0 Å². The van der Waals surface area contributed by atoms with E-state index in [1.165, 1.54) is 29.3 Å². The van der Waals surface area contributed by atoms with Gasteiger partial charge in [0.15, 0.2) is 6.04 Å². The van der Waals surface area contributed by atoms with Gasteiger partial charge in [-0.05, 0) is 36.2 Å². The predicted molar refractivity (Wildman–Crippen MR) is 109 cm³/mol. The van der Waals surface area contributed by atoms with Gasteiger partial charge in [0.25, 0.3) is 0 Å². The summed E-state index contributed by atoms with van der Waals surface area (Å²) in [6.07, 6.45) is 2.09. The topological polar surface area (TPSA) is 61.9 Å². The lowest BCUT2D eigenvalue weighted by molar-refractivity contribution is -0.676. The number of nitrogens with one attached hydrogen (secondary N) is 1. The third-order valence-corrected chi connectivity index (χ3v) is 5.11. The van der Waals surface area contributed by atoms with Crippen LogP contribution in [0.2, 0.25) is 0 Å². The van der Waals surface area contributed by atoms with E-state index in [1.54, 1.807) is 0 Å². The van der Waals surface area contributed by atoms with Crippen LogP contribution < -0.4 is 10.2 Å². The molecule has 3 rings (SSSR count). The minimum Gasteiger partial charge on any atom is -0.465 e. The summed E-state index contributed by atoms with van der Waals surface area (Å²) < 4.78 is 4.87. The third kappa shape index (κ3) is 4.14. The normalized spacial score (nSPS) is 13.3. The zero-order chi connectivity index (χ0) is 19.4. The molecule has 0 spiro atoms. The molecule has 142 valence electrons. The number of quaternary nitrogens is 1. The average Bonchev–Trinajstić information content (AvgIpc) is 3.11. The Kier molecular flexibility index (Phi) is 5.81. The number of hydrogen-bond acceptors (Lipinski definition) is 3. The zero-order valence-electron chi connectivity index (χ0n) is 16.4. The van der Waals surface area contributed by atoms with Crippen molar-refractivity contribution in [3.05, 3.63) is 65.9 Å². The van der Waals surface area contributed by atoms with E-state index in [0.717, 1.165) is 12.1 Å². The maximum atomic E-state index is 11.8. The number of methoxy groups -OCH3 is 1. The Morgan fingerprint density at radius 1 is 1.15 bits per heavy atom. The van der Waals surface area contributed by atoms with Crippen LogP contribution in [0.25, 0.3) is 10.9 Å².